The number of pyridine rings is 1. The van der Waals surface area contributed by atoms with Crippen molar-refractivity contribution in [3.63, 3.8) is 0 Å². The van der Waals surface area contributed by atoms with Crippen molar-refractivity contribution in [3.8, 4) is 11.1 Å². The van der Waals surface area contributed by atoms with E-state index in [9.17, 15) is 4.79 Å². The standard InChI is InChI=1S/C20H20IN3O/c21-15-6-4-5-13(9-15)14-10-17-18(12-23-19(17)22-11-14)20(25)24-16-7-2-1-3-8-16/h4-6,9-12,16H,1-3,7-8H2,(H,22,23)(H,24,25). The summed E-state index contributed by atoms with van der Waals surface area (Å²) >= 11 is 2.31. The minimum Gasteiger partial charge on any atom is -0.349 e. The molecule has 0 unspecified atom stereocenters. The number of carbonyl (C=O) groups excluding carboxylic acids is 1. The lowest BCUT2D eigenvalue weighted by Gasteiger charge is -2.22. The van der Waals surface area contributed by atoms with Gasteiger partial charge in [-0.15, -0.1) is 0 Å². The van der Waals surface area contributed by atoms with E-state index in [0.717, 1.165) is 35.0 Å². The molecular formula is C20H20IN3O. The third kappa shape index (κ3) is 3.56. The molecule has 0 spiro atoms. The highest BCUT2D eigenvalue weighted by Gasteiger charge is 2.19. The van der Waals surface area contributed by atoms with Gasteiger partial charge >= 0.3 is 0 Å². The van der Waals surface area contributed by atoms with Crippen molar-refractivity contribution in [1.29, 1.82) is 0 Å². The first-order valence-electron chi connectivity index (χ1n) is 8.74. The minimum absolute atomic E-state index is 0.000239. The molecule has 1 saturated carbocycles. The second kappa shape index (κ2) is 7.15. The molecule has 1 amide bonds. The zero-order valence-corrected chi connectivity index (χ0v) is 16.0. The van der Waals surface area contributed by atoms with Gasteiger partial charge in [0, 0.05) is 33.0 Å². The molecule has 2 N–H and O–H groups in total. The first-order chi connectivity index (χ1) is 12.2. The Kier molecular flexibility index (Phi) is 4.74. The Morgan fingerprint density at radius 3 is 2.80 bits per heavy atom. The maximum absolute atomic E-state index is 12.7. The SMILES string of the molecule is O=C(NC1CCCCC1)c1c[nH]c2ncc(-c3cccc(I)c3)cc12. The predicted molar refractivity (Wildman–Crippen MR) is 109 cm³/mol. The van der Waals surface area contributed by atoms with E-state index in [1.165, 1.54) is 22.8 Å². The highest BCUT2D eigenvalue weighted by Crippen LogP contribution is 2.26. The fourth-order valence-corrected chi connectivity index (χ4v) is 4.07. The highest BCUT2D eigenvalue weighted by atomic mass is 127. The Morgan fingerprint density at radius 1 is 1.16 bits per heavy atom. The van der Waals surface area contributed by atoms with Crippen LogP contribution >= 0.6 is 22.6 Å². The first kappa shape index (κ1) is 16.6. The van der Waals surface area contributed by atoms with E-state index >= 15 is 0 Å². The van der Waals surface area contributed by atoms with Crippen LogP contribution in [0.5, 0.6) is 0 Å². The van der Waals surface area contributed by atoms with Gasteiger partial charge in [-0.2, -0.15) is 0 Å². The van der Waals surface area contributed by atoms with Gasteiger partial charge in [-0.3, -0.25) is 4.79 Å². The largest absolute Gasteiger partial charge is 0.349 e. The van der Waals surface area contributed by atoms with E-state index < -0.39 is 0 Å². The lowest BCUT2D eigenvalue weighted by molar-refractivity contribution is 0.0929. The molecule has 4 rings (SSSR count). The number of aromatic nitrogens is 2. The molecule has 0 atom stereocenters. The summed E-state index contributed by atoms with van der Waals surface area (Å²) in [4.78, 5) is 20.4. The summed E-state index contributed by atoms with van der Waals surface area (Å²) in [7, 11) is 0. The number of fused-ring (bicyclic) bond motifs is 1. The third-order valence-corrected chi connectivity index (χ3v) is 5.55. The van der Waals surface area contributed by atoms with Crippen molar-refractivity contribution in [2.75, 3.05) is 0 Å². The topological polar surface area (TPSA) is 57.8 Å². The summed E-state index contributed by atoms with van der Waals surface area (Å²) in [5.41, 5.74) is 3.57. The Balaban J connectivity index is 1.65. The summed E-state index contributed by atoms with van der Waals surface area (Å²) in [5.74, 6) is -0.000239. The molecule has 2 heterocycles. The van der Waals surface area contributed by atoms with Crippen molar-refractivity contribution in [3.05, 3.63) is 51.9 Å². The fourth-order valence-electron chi connectivity index (χ4n) is 3.53. The van der Waals surface area contributed by atoms with Gasteiger partial charge in [0.2, 0.25) is 0 Å². The van der Waals surface area contributed by atoms with Crippen LogP contribution in [0, 0.1) is 3.57 Å². The first-order valence-corrected chi connectivity index (χ1v) is 9.82. The number of carbonyl (C=O) groups is 1. The molecule has 5 heteroatoms. The van der Waals surface area contributed by atoms with Gasteiger partial charge in [0.25, 0.3) is 5.91 Å². The van der Waals surface area contributed by atoms with Crippen LogP contribution in [0.2, 0.25) is 0 Å². The van der Waals surface area contributed by atoms with Crippen molar-refractivity contribution in [2.24, 2.45) is 0 Å². The van der Waals surface area contributed by atoms with E-state index in [0.29, 0.717) is 11.6 Å². The van der Waals surface area contributed by atoms with Gasteiger partial charge in [-0.1, -0.05) is 31.4 Å². The van der Waals surface area contributed by atoms with Gasteiger partial charge in [0.05, 0.1) is 5.56 Å². The molecule has 25 heavy (non-hydrogen) atoms. The average Bonchev–Trinajstić information content (AvgIpc) is 3.06. The van der Waals surface area contributed by atoms with E-state index in [1.807, 2.05) is 12.3 Å². The molecule has 2 aromatic heterocycles. The van der Waals surface area contributed by atoms with Gasteiger partial charge < -0.3 is 10.3 Å². The monoisotopic (exact) mass is 445 g/mol. The van der Waals surface area contributed by atoms with Crippen LogP contribution in [-0.2, 0) is 0 Å². The van der Waals surface area contributed by atoms with Crippen molar-refractivity contribution < 1.29 is 4.79 Å². The number of hydrogen-bond acceptors (Lipinski definition) is 2. The number of nitrogens with zero attached hydrogens (tertiary/aromatic N) is 1. The van der Waals surface area contributed by atoms with Crippen molar-refractivity contribution in [2.45, 2.75) is 38.1 Å². The zero-order chi connectivity index (χ0) is 17.2. The molecule has 1 aliphatic carbocycles. The van der Waals surface area contributed by atoms with E-state index in [4.69, 9.17) is 0 Å². The van der Waals surface area contributed by atoms with E-state index in [-0.39, 0.29) is 5.91 Å². The van der Waals surface area contributed by atoms with Crippen molar-refractivity contribution >= 4 is 39.5 Å². The van der Waals surface area contributed by atoms with Gasteiger partial charge in [0.15, 0.2) is 0 Å². The molecular weight excluding hydrogens is 425 g/mol. The molecule has 0 saturated heterocycles. The Bertz CT molecular complexity index is 912. The van der Waals surface area contributed by atoms with Crippen LogP contribution < -0.4 is 5.32 Å². The Hall–Kier alpha value is -1.89. The summed E-state index contributed by atoms with van der Waals surface area (Å²) in [6.07, 6.45) is 9.48. The fraction of sp³-hybridized carbons (Fsp3) is 0.300. The maximum Gasteiger partial charge on any atom is 0.253 e. The number of aromatic amines is 1. The Labute approximate surface area is 160 Å². The molecule has 0 bridgehead atoms. The normalized spacial score (nSPS) is 15.4. The molecule has 0 radical (unpaired) electrons. The van der Waals surface area contributed by atoms with Crippen LogP contribution in [0.1, 0.15) is 42.5 Å². The second-order valence-corrected chi connectivity index (χ2v) is 7.89. The smallest absolute Gasteiger partial charge is 0.253 e. The molecule has 1 aromatic carbocycles. The number of benzene rings is 1. The number of nitrogens with one attached hydrogen (secondary N) is 2. The number of H-pyrrole nitrogens is 1. The zero-order valence-electron chi connectivity index (χ0n) is 13.9. The quantitative estimate of drug-likeness (QED) is 0.564. The second-order valence-electron chi connectivity index (χ2n) is 6.64. The van der Waals surface area contributed by atoms with Gasteiger partial charge in [-0.05, 0) is 59.2 Å². The number of rotatable bonds is 3. The van der Waals surface area contributed by atoms with Crippen molar-refractivity contribution in [1.82, 2.24) is 15.3 Å². The summed E-state index contributed by atoms with van der Waals surface area (Å²) in [5, 5.41) is 4.07. The van der Waals surface area contributed by atoms with Crippen LogP contribution in [-0.4, -0.2) is 21.9 Å². The van der Waals surface area contributed by atoms with Gasteiger partial charge in [-0.25, -0.2) is 4.98 Å². The summed E-state index contributed by atoms with van der Waals surface area (Å²) < 4.78 is 1.18. The van der Waals surface area contributed by atoms with Crippen LogP contribution in [0.3, 0.4) is 0 Å². The van der Waals surface area contributed by atoms with E-state index in [1.54, 1.807) is 6.20 Å². The number of halogens is 1. The molecule has 128 valence electrons. The molecule has 3 aromatic rings. The lowest BCUT2D eigenvalue weighted by Crippen LogP contribution is -2.36. The molecule has 1 aliphatic rings. The van der Waals surface area contributed by atoms with Crippen LogP contribution in [0.15, 0.2) is 42.7 Å². The van der Waals surface area contributed by atoms with Gasteiger partial charge in [0.1, 0.15) is 5.65 Å². The molecule has 4 nitrogen and oxygen atoms in total. The number of hydrogen-bond donors (Lipinski definition) is 2. The average molecular weight is 445 g/mol. The summed E-state index contributed by atoms with van der Waals surface area (Å²) in [6, 6.07) is 10.7. The highest BCUT2D eigenvalue weighted by molar-refractivity contribution is 14.1. The minimum atomic E-state index is -0.000239. The molecule has 0 aliphatic heterocycles. The van der Waals surface area contributed by atoms with E-state index in [2.05, 4.69) is 62.1 Å². The predicted octanol–water partition coefficient (Wildman–Crippen LogP) is 4.90. The molecule has 1 fully saturated rings. The summed E-state index contributed by atoms with van der Waals surface area (Å²) in [6.45, 7) is 0. The van der Waals surface area contributed by atoms with Crippen LogP contribution in [0.4, 0.5) is 0 Å². The number of amides is 1. The van der Waals surface area contributed by atoms with Crippen LogP contribution in [0.25, 0.3) is 22.2 Å². The maximum atomic E-state index is 12.7. The lowest BCUT2D eigenvalue weighted by atomic mass is 9.95. The third-order valence-electron chi connectivity index (χ3n) is 4.87. The Morgan fingerprint density at radius 2 is 2.00 bits per heavy atom.